The number of aromatic nitrogens is 2. The molecule has 2 saturated heterocycles. The second-order valence-electron chi connectivity index (χ2n) is 8.67. The summed E-state index contributed by atoms with van der Waals surface area (Å²) < 4.78 is 2.09. The lowest BCUT2D eigenvalue weighted by Gasteiger charge is -2.44. The van der Waals surface area contributed by atoms with Crippen LogP contribution in [-0.4, -0.2) is 70.6 Å². The van der Waals surface area contributed by atoms with E-state index in [-0.39, 0.29) is 5.91 Å². The Morgan fingerprint density at radius 1 is 0.935 bits per heavy atom. The van der Waals surface area contributed by atoms with E-state index >= 15 is 0 Å². The van der Waals surface area contributed by atoms with Crippen LogP contribution < -0.4 is 4.90 Å². The third-order valence-corrected chi connectivity index (χ3v) is 6.80. The Kier molecular flexibility index (Phi) is 5.89. The number of piperazine rings is 1. The monoisotopic (exact) mass is 417 g/mol. The number of benzene rings is 2. The average Bonchev–Trinajstić information content (AvgIpc) is 3.26. The van der Waals surface area contributed by atoms with Crippen LogP contribution in [0.1, 0.15) is 19.3 Å². The van der Waals surface area contributed by atoms with Crippen molar-refractivity contribution in [2.75, 3.05) is 44.2 Å². The maximum absolute atomic E-state index is 13.0. The number of hydrogen-bond acceptors (Lipinski definition) is 4. The number of hydrogen-bond donors (Lipinski definition) is 0. The topological polar surface area (TPSA) is 44.6 Å². The van der Waals surface area contributed by atoms with Gasteiger partial charge in [-0.05, 0) is 37.1 Å². The predicted molar refractivity (Wildman–Crippen MR) is 124 cm³/mol. The van der Waals surface area contributed by atoms with Gasteiger partial charge in [-0.2, -0.15) is 0 Å². The molecular weight excluding hydrogens is 386 g/mol. The summed E-state index contributed by atoms with van der Waals surface area (Å²) in [5.74, 6) is 0.269. The first kappa shape index (κ1) is 20.1. The highest BCUT2D eigenvalue weighted by Gasteiger charge is 2.29. The van der Waals surface area contributed by atoms with E-state index in [0.29, 0.717) is 19.0 Å². The normalized spacial score (nSPS) is 20.3. The fourth-order valence-electron chi connectivity index (χ4n) is 5.03. The van der Waals surface area contributed by atoms with Gasteiger partial charge < -0.3 is 14.4 Å². The number of nitrogens with zero attached hydrogens (tertiary/aromatic N) is 5. The molecular formula is C25H31N5O. The molecule has 3 aromatic rings. The first-order valence-electron chi connectivity index (χ1n) is 11.5. The smallest absolute Gasteiger partial charge is 0.224 e. The van der Waals surface area contributed by atoms with Crippen LogP contribution >= 0.6 is 0 Å². The Morgan fingerprint density at radius 2 is 1.71 bits per heavy atom. The van der Waals surface area contributed by atoms with Gasteiger partial charge in [0.1, 0.15) is 0 Å². The van der Waals surface area contributed by atoms with E-state index in [9.17, 15) is 4.79 Å². The zero-order chi connectivity index (χ0) is 21.0. The van der Waals surface area contributed by atoms with Gasteiger partial charge in [-0.3, -0.25) is 9.69 Å². The van der Waals surface area contributed by atoms with Gasteiger partial charge in [0.05, 0.1) is 17.4 Å². The molecule has 1 atom stereocenters. The number of rotatable bonds is 5. The Hall–Kier alpha value is -2.86. The summed E-state index contributed by atoms with van der Waals surface area (Å²) in [6, 6.07) is 19.3. The SMILES string of the molecule is O=C(CCn1cnc2ccccc21)N1CCC[C@@H](N2CCN(c3ccccc3)CC2)C1. The predicted octanol–water partition coefficient (Wildman–Crippen LogP) is 3.24. The Morgan fingerprint density at radius 3 is 2.55 bits per heavy atom. The highest BCUT2D eigenvalue weighted by Crippen LogP contribution is 2.21. The van der Waals surface area contributed by atoms with Crippen molar-refractivity contribution >= 4 is 22.6 Å². The van der Waals surface area contributed by atoms with Crippen molar-refractivity contribution in [3.8, 4) is 0 Å². The van der Waals surface area contributed by atoms with Gasteiger partial charge in [0.2, 0.25) is 5.91 Å². The van der Waals surface area contributed by atoms with Crippen LogP contribution in [0.2, 0.25) is 0 Å². The molecule has 1 aromatic heterocycles. The van der Waals surface area contributed by atoms with Gasteiger partial charge >= 0.3 is 0 Å². The molecule has 0 saturated carbocycles. The molecule has 0 N–H and O–H groups in total. The van der Waals surface area contributed by atoms with E-state index in [1.165, 1.54) is 12.1 Å². The Bertz CT molecular complexity index is 1010. The van der Waals surface area contributed by atoms with Crippen molar-refractivity contribution in [1.29, 1.82) is 0 Å². The second-order valence-corrected chi connectivity index (χ2v) is 8.67. The number of anilines is 1. The van der Waals surface area contributed by atoms with Crippen molar-refractivity contribution in [3.05, 3.63) is 60.9 Å². The standard InChI is InChI=1S/C25H31N5O/c31-25(12-14-30-20-26-23-10-4-5-11-24(23)30)29-13-6-9-22(19-29)28-17-15-27(16-18-28)21-7-2-1-3-8-21/h1-5,7-8,10-11,20,22H,6,9,12-19H2/t22-/m1/s1. The lowest BCUT2D eigenvalue weighted by atomic mass is 10.0. The lowest BCUT2D eigenvalue weighted by molar-refractivity contribution is -0.133. The molecule has 6 nitrogen and oxygen atoms in total. The van der Waals surface area contributed by atoms with Crippen LogP contribution in [0.5, 0.6) is 0 Å². The molecule has 2 aliphatic heterocycles. The summed E-state index contributed by atoms with van der Waals surface area (Å²) in [6.07, 6.45) is 4.68. The molecule has 0 bridgehead atoms. The molecule has 1 amide bonds. The van der Waals surface area contributed by atoms with Crippen molar-refractivity contribution in [1.82, 2.24) is 19.4 Å². The van der Waals surface area contributed by atoms with Crippen LogP contribution in [0.3, 0.4) is 0 Å². The van der Waals surface area contributed by atoms with E-state index in [2.05, 4.69) is 60.6 Å². The summed E-state index contributed by atoms with van der Waals surface area (Å²) in [5.41, 5.74) is 3.40. The first-order valence-corrected chi connectivity index (χ1v) is 11.5. The Labute approximate surface area is 184 Å². The highest BCUT2D eigenvalue weighted by molar-refractivity contribution is 5.77. The highest BCUT2D eigenvalue weighted by atomic mass is 16.2. The van der Waals surface area contributed by atoms with Crippen molar-refractivity contribution in [2.24, 2.45) is 0 Å². The molecule has 2 fully saturated rings. The van der Waals surface area contributed by atoms with Gasteiger partial charge in [-0.15, -0.1) is 0 Å². The molecule has 2 aromatic carbocycles. The van der Waals surface area contributed by atoms with E-state index in [4.69, 9.17) is 0 Å². The number of para-hydroxylation sites is 3. The number of piperidine rings is 1. The van der Waals surface area contributed by atoms with Crippen LogP contribution in [0.15, 0.2) is 60.9 Å². The molecule has 31 heavy (non-hydrogen) atoms. The number of imidazole rings is 1. The van der Waals surface area contributed by atoms with E-state index in [1.807, 2.05) is 24.5 Å². The first-order chi connectivity index (χ1) is 15.3. The van der Waals surface area contributed by atoms with E-state index in [1.54, 1.807) is 0 Å². The summed E-state index contributed by atoms with van der Waals surface area (Å²) in [5, 5.41) is 0. The van der Waals surface area contributed by atoms with Crippen molar-refractivity contribution in [2.45, 2.75) is 31.8 Å². The number of amides is 1. The lowest BCUT2D eigenvalue weighted by Crippen LogP contribution is -2.55. The fraction of sp³-hybridized carbons (Fsp3) is 0.440. The molecule has 0 aliphatic carbocycles. The largest absolute Gasteiger partial charge is 0.369 e. The molecule has 5 rings (SSSR count). The average molecular weight is 418 g/mol. The molecule has 2 aliphatic rings. The van der Waals surface area contributed by atoms with E-state index < -0.39 is 0 Å². The second kappa shape index (κ2) is 9.10. The summed E-state index contributed by atoms with van der Waals surface area (Å²) in [7, 11) is 0. The summed E-state index contributed by atoms with van der Waals surface area (Å²) >= 11 is 0. The quantitative estimate of drug-likeness (QED) is 0.639. The minimum Gasteiger partial charge on any atom is -0.369 e. The van der Waals surface area contributed by atoms with Crippen LogP contribution in [0, 0.1) is 0 Å². The van der Waals surface area contributed by atoms with Gasteiger partial charge in [0.15, 0.2) is 0 Å². The number of fused-ring (bicyclic) bond motifs is 1. The van der Waals surface area contributed by atoms with Gasteiger partial charge in [-0.25, -0.2) is 4.98 Å². The van der Waals surface area contributed by atoms with Gasteiger partial charge in [0.25, 0.3) is 0 Å². The minimum atomic E-state index is 0.269. The van der Waals surface area contributed by atoms with E-state index in [0.717, 1.165) is 56.7 Å². The minimum absolute atomic E-state index is 0.269. The number of aryl methyl sites for hydroxylation is 1. The van der Waals surface area contributed by atoms with Crippen molar-refractivity contribution < 1.29 is 4.79 Å². The maximum Gasteiger partial charge on any atom is 0.224 e. The fourth-order valence-corrected chi connectivity index (χ4v) is 5.03. The molecule has 0 radical (unpaired) electrons. The number of carbonyl (C=O) groups is 1. The van der Waals surface area contributed by atoms with Gasteiger partial charge in [0, 0.05) is 64.0 Å². The maximum atomic E-state index is 13.0. The molecule has 3 heterocycles. The third kappa shape index (κ3) is 4.44. The molecule has 0 spiro atoms. The van der Waals surface area contributed by atoms with Gasteiger partial charge in [-0.1, -0.05) is 30.3 Å². The van der Waals surface area contributed by atoms with Crippen LogP contribution in [0.25, 0.3) is 11.0 Å². The summed E-state index contributed by atoms with van der Waals surface area (Å²) in [4.78, 5) is 24.6. The Balaban J connectivity index is 1.14. The number of carbonyl (C=O) groups excluding carboxylic acids is 1. The molecule has 6 heteroatoms. The van der Waals surface area contributed by atoms with Crippen LogP contribution in [0.4, 0.5) is 5.69 Å². The molecule has 162 valence electrons. The zero-order valence-electron chi connectivity index (χ0n) is 18.1. The molecule has 0 unspecified atom stereocenters. The van der Waals surface area contributed by atoms with Crippen molar-refractivity contribution in [3.63, 3.8) is 0 Å². The summed E-state index contributed by atoms with van der Waals surface area (Å²) in [6.45, 7) is 6.71. The van der Waals surface area contributed by atoms with Crippen LogP contribution in [-0.2, 0) is 11.3 Å². The third-order valence-electron chi connectivity index (χ3n) is 6.80. The zero-order valence-corrected chi connectivity index (χ0v) is 18.1. The number of likely N-dealkylation sites (tertiary alicyclic amines) is 1.